The molecule has 0 unspecified atom stereocenters. The predicted molar refractivity (Wildman–Crippen MR) is 135 cm³/mol. The number of rotatable bonds is 4. The first-order valence-corrected chi connectivity index (χ1v) is 12.4. The number of benzene rings is 2. The first-order chi connectivity index (χ1) is 15.8. The zero-order chi connectivity index (χ0) is 21.8. The molecule has 2 aromatic carbocycles. The number of allylic oxidation sites excluding steroid dienone is 2. The molecule has 3 heteroatoms. The van der Waals surface area contributed by atoms with Gasteiger partial charge in [0.25, 0.3) is 0 Å². The minimum Gasteiger partial charge on any atom is -0.372 e. The van der Waals surface area contributed by atoms with Gasteiger partial charge in [-0.1, -0.05) is 24.3 Å². The molecule has 3 aliphatic rings. The molecule has 2 aromatic rings. The monoisotopic (exact) mass is 426 g/mol. The van der Waals surface area contributed by atoms with Gasteiger partial charge in [-0.25, -0.2) is 0 Å². The SMILES string of the molecule is O=C1/C(=C/c2ccc(N3CCCCC3)cc2)CC/C1=C\c1ccc(N2CCCCC2)cc1. The van der Waals surface area contributed by atoms with Crippen LogP contribution in [0.4, 0.5) is 11.4 Å². The molecular formula is C29H34N2O. The van der Waals surface area contributed by atoms with Gasteiger partial charge >= 0.3 is 0 Å². The van der Waals surface area contributed by atoms with Crippen LogP contribution in [-0.2, 0) is 4.79 Å². The lowest BCUT2D eigenvalue weighted by Gasteiger charge is -2.28. The molecule has 0 N–H and O–H groups in total. The molecule has 1 saturated carbocycles. The van der Waals surface area contributed by atoms with Crippen LogP contribution in [0.3, 0.4) is 0 Å². The van der Waals surface area contributed by atoms with Crippen molar-refractivity contribution in [2.75, 3.05) is 36.0 Å². The summed E-state index contributed by atoms with van der Waals surface area (Å²) in [7, 11) is 0. The highest BCUT2D eigenvalue weighted by Gasteiger charge is 2.23. The zero-order valence-electron chi connectivity index (χ0n) is 19.1. The summed E-state index contributed by atoms with van der Waals surface area (Å²) in [6, 6.07) is 17.5. The summed E-state index contributed by atoms with van der Waals surface area (Å²) in [6.45, 7) is 4.64. The lowest BCUT2D eigenvalue weighted by Crippen LogP contribution is -2.29. The first kappa shape index (κ1) is 21.1. The number of hydrogen-bond acceptors (Lipinski definition) is 3. The summed E-state index contributed by atoms with van der Waals surface area (Å²) in [6.07, 6.45) is 13.7. The van der Waals surface area contributed by atoms with Gasteiger partial charge in [-0.15, -0.1) is 0 Å². The maximum Gasteiger partial charge on any atom is 0.185 e. The van der Waals surface area contributed by atoms with Crippen molar-refractivity contribution in [1.82, 2.24) is 0 Å². The summed E-state index contributed by atoms with van der Waals surface area (Å²) < 4.78 is 0. The van der Waals surface area contributed by atoms with E-state index in [1.165, 1.54) is 49.9 Å². The average Bonchev–Trinajstić information content (AvgIpc) is 3.20. The highest BCUT2D eigenvalue weighted by Crippen LogP contribution is 2.30. The summed E-state index contributed by atoms with van der Waals surface area (Å²) >= 11 is 0. The van der Waals surface area contributed by atoms with Crippen LogP contribution in [-0.4, -0.2) is 32.0 Å². The van der Waals surface area contributed by atoms with Gasteiger partial charge in [0.15, 0.2) is 5.78 Å². The molecule has 166 valence electrons. The fourth-order valence-corrected chi connectivity index (χ4v) is 5.25. The van der Waals surface area contributed by atoms with Gasteiger partial charge in [-0.05, 0) is 98.9 Å². The van der Waals surface area contributed by atoms with E-state index >= 15 is 0 Å². The number of nitrogens with zero attached hydrogens (tertiary/aromatic N) is 2. The summed E-state index contributed by atoms with van der Waals surface area (Å²) in [5.74, 6) is 0.213. The van der Waals surface area contributed by atoms with Crippen molar-refractivity contribution in [3.05, 3.63) is 70.8 Å². The van der Waals surface area contributed by atoms with Crippen molar-refractivity contribution < 1.29 is 4.79 Å². The summed E-state index contributed by atoms with van der Waals surface area (Å²) in [5.41, 5.74) is 6.73. The molecule has 0 spiro atoms. The van der Waals surface area contributed by atoms with E-state index in [1.54, 1.807) is 0 Å². The van der Waals surface area contributed by atoms with Gasteiger partial charge in [0, 0.05) is 48.7 Å². The molecule has 0 atom stereocenters. The normalized spacial score (nSPS) is 22.2. The van der Waals surface area contributed by atoms with Crippen molar-refractivity contribution in [2.45, 2.75) is 51.4 Å². The summed E-state index contributed by atoms with van der Waals surface area (Å²) in [4.78, 5) is 17.9. The molecule has 0 amide bonds. The lowest BCUT2D eigenvalue weighted by atomic mass is 10.0. The number of ketones is 1. The molecule has 2 heterocycles. The molecule has 0 aromatic heterocycles. The van der Waals surface area contributed by atoms with Gasteiger partial charge < -0.3 is 9.80 Å². The van der Waals surface area contributed by atoms with Crippen LogP contribution in [0.25, 0.3) is 12.2 Å². The number of carbonyl (C=O) groups is 1. The van der Waals surface area contributed by atoms with E-state index in [4.69, 9.17) is 0 Å². The Morgan fingerprint density at radius 1 is 0.531 bits per heavy atom. The molecule has 32 heavy (non-hydrogen) atoms. The van der Waals surface area contributed by atoms with Gasteiger partial charge in [-0.3, -0.25) is 4.79 Å². The van der Waals surface area contributed by atoms with Crippen molar-refractivity contribution >= 4 is 29.3 Å². The van der Waals surface area contributed by atoms with Gasteiger partial charge in [-0.2, -0.15) is 0 Å². The van der Waals surface area contributed by atoms with Crippen molar-refractivity contribution in [3.63, 3.8) is 0 Å². The maximum absolute atomic E-state index is 13.0. The van der Waals surface area contributed by atoms with E-state index in [0.717, 1.165) is 61.3 Å². The third kappa shape index (κ3) is 4.82. The Balaban J connectivity index is 1.25. The quantitative estimate of drug-likeness (QED) is 0.522. The topological polar surface area (TPSA) is 23.6 Å². The minimum atomic E-state index is 0.213. The third-order valence-corrected chi connectivity index (χ3v) is 7.16. The van der Waals surface area contributed by atoms with E-state index in [-0.39, 0.29) is 5.78 Å². The Hall–Kier alpha value is -2.81. The molecule has 3 fully saturated rings. The smallest absolute Gasteiger partial charge is 0.185 e. The van der Waals surface area contributed by atoms with E-state index in [2.05, 4.69) is 70.5 Å². The van der Waals surface area contributed by atoms with Crippen molar-refractivity contribution in [2.24, 2.45) is 0 Å². The molecule has 0 radical (unpaired) electrons. The number of anilines is 2. The Bertz CT molecular complexity index is 907. The van der Waals surface area contributed by atoms with E-state index in [9.17, 15) is 4.79 Å². The van der Waals surface area contributed by atoms with Crippen LogP contribution in [0.5, 0.6) is 0 Å². The molecular weight excluding hydrogens is 392 g/mol. The second kappa shape index (κ2) is 9.77. The largest absolute Gasteiger partial charge is 0.372 e. The molecule has 1 aliphatic carbocycles. The highest BCUT2D eigenvalue weighted by atomic mass is 16.1. The van der Waals surface area contributed by atoms with Crippen LogP contribution in [0.2, 0.25) is 0 Å². The standard InChI is InChI=1S/C29H34N2O/c32-29-25(21-23-7-13-27(14-8-23)30-17-3-1-4-18-30)11-12-26(29)22-24-9-15-28(16-10-24)31-19-5-2-6-20-31/h7-10,13-16,21-22H,1-6,11-12,17-20H2/b25-21+,26-22+. The second-order valence-electron chi connectivity index (χ2n) is 9.45. The first-order valence-electron chi connectivity index (χ1n) is 12.4. The second-order valence-corrected chi connectivity index (χ2v) is 9.45. The van der Waals surface area contributed by atoms with Crippen LogP contribution >= 0.6 is 0 Å². The highest BCUT2D eigenvalue weighted by molar-refractivity contribution is 6.15. The molecule has 0 bridgehead atoms. The van der Waals surface area contributed by atoms with Crippen molar-refractivity contribution in [1.29, 1.82) is 0 Å². The molecule has 5 rings (SSSR count). The number of piperidine rings is 2. The lowest BCUT2D eigenvalue weighted by molar-refractivity contribution is -0.111. The zero-order valence-corrected chi connectivity index (χ0v) is 19.1. The molecule has 2 aliphatic heterocycles. The molecule has 2 saturated heterocycles. The fourth-order valence-electron chi connectivity index (χ4n) is 5.25. The number of carbonyl (C=O) groups excluding carboxylic acids is 1. The van der Waals surface area contributed by atoms with Gasteiger partial charge in [0.05, 0.1) is 0 Å². The Morgan fingerprint density at radius 2 is 0.906 bits per heavy atom. The van der Waals surface area contributed by atoms with E-state index in [1.807, 2.05) is 0 Å². The number of hydrogen-bond donors (Lipinski definition) is 0. The number of Topliss-reactive ketones (excluding diaryl/α,β-unsaturated/α-hetero) is 1. The van der Waals surface area contributed by atoms with Gasteiger partial charge in [0.2, 0.25) is 0 Å². The van der Waals surface area contributed by atoms with Crippen LogP contribution in [0, 0.1) is 0 Å². The van der Waals surface area contributed by atoms with E-state index in [0.29, 0.717) is 0 Å². The van der Waals surface area contributed by atoms with Crippen LogP contribution in [0.1, 0.15) is 62.5 Å². The van der Waals surface area contributed by atoms with Gasteiger partial charge in [0.1, 0.15) is 0 Å². The predicted octanol–water partition coefficient (Wildman–Crippen LogP) is 6.50. The average molecular weight is 427 g/mol. The maximum atomic E-state index is 13.0. The Kier molecular flexibility index (Phi) is 6.43. The Labute approximate surface area is 192 Å². The van der Waals surface area contributed by atoms with E-state index < -0.39 is 0 Å². The van der Waals surface area contributed by atoms with Crippen LogP contribution < -0.4 is 9.80 Å². The molecule has 3 nitrogen and oxygen atoms in total. The summed E-state index contributed by atoms with van der Waals surface area (Å²) in [5, 5.41) is 0. The van der Waals surface area contributed by atoms with Crippen LogP contribution in [0.15, 0.2) is 59.7 Å². The fraction of sp³-hybridized carbons (Fsp3) is 0.414. The van der Waals surface area contributed by atoms with Crippen molar-refractivity contribution in [3.8, 4) is 0 Å². The Morgan fingerprint density at radius 3 is 1.28 bits per heavy atom. The minimum absolute atomic E-state index is 0.213. The third-order valence-electron chi connectivity index (χ3n) is 7.16.